The number of fused-ring (bicyclic) bond motifs is 2. The van der Waals surface area contributed by atoms with Crippen LogP contribution < -0.4 is 30.5 Å². The normalized spacial score (nSPS) is 16.3. The Hall–Kier alpha value is -3.77. The van der Waals surface area contributed by atoms with Crippen LogP contribution in [0.4, 0.5) is 0 Å². The molecule has 2 aliphatic heterocycles. The van der Waals surface area contributed by atoms with E-state index in [1.54, 1.807) is 29.0 Å². The molecule has 0 bridgehead atoms. The average Bonchev–Trinajstić information content (AvgIpc) is 3.23. The average molecular weight is 494 g/mol. The Labute approximate surface area is 191 Å². The van der Waals surface area contributed by atoms with E-state index < -0.39 is 5.92 Å². The fraction of sp³-hybridized carbons (Fsp3) is 0.174. The van der Waals surface area contributed by atoms with Crippen LogP contribution in [-0.4, -0.2) is 11.4 Å². The van der Waals surface area contributed by atoms with Gasteiger partial charge in [-0.05, 0) is 30.7 Å². The molecule has 160 valence electrons. The van der Waals surface area contributed by atoms with Crippen molar-refractivity contribution in [3.8, 4) is 23.3 Å². The summed E-state index contributed by atoms with van der Waals surface area (Å²) in [5.41, 5.74) is 8.69. The highest BCUT2D eigenvalue weighted by atomic mass is 79.9. The minimum Gasteiger partial charge on any atom is -0.454 e. The number of pyridine rings is 2. The van der Waals surface area contributed by atoms with Crippen LogP contribution in [0, 0.1) is 18.3 Å². The lowest BCUT2D eigenvalue weighted by atomic mass is 9.83. The van der Waals surface area contributed by atoms with Crippen LogP contribution in [0.2, 0.25) is 0 Å². The third-order valence-corrected chi connectivity index (χ3v) is 6.29. The Bertz CT molecular complexity index is 1380. The molecule has 0 spiro atoms. The van der Waals surface area contributed by atoms with Crippen molar-refractivity contribution in [1.29, 1.82) is 5.26 Å². The molecule has 0 fully saturated rings. The summed E-state index contributed by atoms with van der Waals surface area (Å²) in [6.07, 6.45) is 3.64. The summed E-state index contributed by atoms with van der Waals surface area (Å²) in [6, 6.07) is 11.3. The summed E-state index contributed by atoms with van der Waals surface area (Å²) < 4.78 is 19.0. The summed E-state index contributed by atoms with van der Waals surface area (Å²) in [4.78, 5) is 16.8. The van der Waals surface area contributed by atoms with Crippen molar-refractivity contribution in [3.05, 3.63) is 91.4 Å². The van der Waals surface area contributed by atoms with Gasteiger partial charge in [0, 0.05) is 27.9 Å². The zero-order valence-electron chi connectivity index (χ0n) is 17.0. The molecule has 0 saturated carbocycles. The van der Waals surface area contributed by atoms with E-state index in [-0.39, 0.29) is 23.8 Å². The van der Waals surface area contributed by atoms with Gasteiger partial charge in [0.2, 0.25) is 12.7 Å². The first-order valence-corrected chi connectivity index (χ1v) is 10.6. The van der Waals surface area contributed by atoms with Crippen LogP contribution in [0.5, 0.6) is 17.2 Å². The predicted octanol–water partition coefficient (Wildman–Crippen LogP) is 2.73. The Morgan fingerprint density at radius 2 is 2.06 bits per heavy atom. The van der Waals surface area contributed by atoms with Gasteiger partial charge in [0.15, 0.2) is 23.9 Å². The van der Waals surface area contributed by atoms with Crippen molar-refractivity contribution >= 4 is 15.9 Å². The minimum absolute atomic E-state index is 0.0243. The third kappa shape index (κ3) is 3.20. The summed E-state index contributed by atoms with van der Waals surface area (Å²) in [6.45, 7) is 2.31. The molecule has 3 aromatic rings. The quantitative estimate of drug-likeness (QED) is 0.599. The molecule has 4 heterocycles. The molecule has 1 atom stereocenters. The molecular formula is C23H18BrN4O4+. The number of H-pyrrole nitrogens is 1. The van der Waals surface area contributed by atoms with E-state index in [0.29, 0.717) is 45.1 Å². The molecule has 0 radical (unpaired) electrons. The number of nitrogens with zero attached hydrogens (tertiary/aromatic N) is 2. The SMILES string of the molecule is Cc1cc2c(c(=O)n1Cc1ccc[nH+]c1)C(c1cc3c(cc1Br)OCO3)C(C#N)=C(N)O2. The first kappa shape index (κ1) is 20.2. The minimum atomic E-state index is -0.727. The van der Waals surface area contributed by atoms with Crippen molar-refractivity contribution in [2.24, 2.45) is 5.73 Å². The van der Waals surface area contributed by atoms with Crippen LogP contribution in [0.25, 0.3) is 0 Å². The molecule has 1 unspecified atom stereocenters. The first-order valence-electron chi connectivity index (χ1n) is 9.84. The molecule has 0 saturated heterocycles. The monoisotopic (exact) mass is 493 g/mol. The lowest BCUT2D eigenvalue weighted by Crippen LogP contribution is -2.33. The maximum Gasteiger partial charge on any atom is 0.259 e. The lowest BCUT2D eigenvalue weighted by Gasteiger charge is -2.28. The third-order valence-electron chi connectivity index (χ3n) is 5.60. The van der Waals surface area contributed by atoms with E-state index in [0.717, 1.165) is 5.56 Å². The number of ether oxygens (including phenoxy) is 3. The van der Waals surface area contributed by atoms with Gasteiger partial charge in [-0.25, -0.2) is 4.98 Å². The van der Waals surface area contributed by atoms with Crippen LogP contribution in [0.15, 0.2) is 63.4 Å². The van der Waals surface area contributed by atoms with Gasteiger partial charge in [-0.2, -0.15) is 5.26 Å². The van der Waals surface area contributed by atoms with Gasteiger partial charge in [0.1, 0.15) is 17.4 Å². The smallest absolute Gasteiger partial charge is 0.259 e. The second-order valence-electron chi connectivity index (χ2n) is 7.52. The lowest BCUT2D eigenvalue weighted by molar-refractivity contribution is -0.378. The van der Waals surface area contributed by atoms with Crippen LogP contribution in [-0.2, 0) is 6.54 Å². The molecule has 0 aliphatic carbocycles. The van der Waals surface area contributed by atoms with Gasteiger partial charge >= 0.3 is 0 Å². The first-order chi connectivity index (χ1) is 15.5. The summed E-state index contributed by atoms with van der Waals surface area (Å²) in [7, 11) is 0. The largest absolute Gasteiger partial charge is 0.454 e. The number of nitriles is 1. The Balaban J connectivity index is 1.73. The zero-order chi connectivity index (χ0) is 22.4. The predicted molar refractivity (Wildman–Crippen MR) is 117 cm³/mol. The zero-order valence-corrected chi connectivity index (χ0v) is 18.6. The molecule has 0 amide bonds. The van der Waals surface area contributed by atoms with Crippen LogP contribution in [0.1, 0.15) is 28.3 Å². The molecule has 1 aromatic carbocycles. The molecule has 3 N–H and O–H groups in total. The van der Waals surface area contributed by atoms with Gasteiger partial charge in [0.25, 0.3) is 5.56 Å². The van der Waals surface area contributed by atoms with Crippen molar-refractivity contribution in [1.82, 2.24) is 4.57 Å². The number of aromatic nitrogens is 2. The highest BCUT2D eigenvalue weighted by molar-refractivity contribution is 9.10. The number of aromatic amines is 1. The van der Waals surface area contributed by atoms with Crippen molar-refractivity contribution in [2.45, 2.75) is 19.4 Å². The summed E-state index contributed by atoms with van der Waals surface area (Å²) >= 11 is 3.56. The number of allylic oxidation sites excluding steroid dienone is 1. The molecule has 2 aromatic heterocycles. The number of halogens is 1. The van der Waals surface area contributed by atoms with E-state index in [1.165, 1.54) is 0 Å². The number of hydrogen-bond acceptors (Lipinski definition) is 6. The fourth-order valence-electron chi connectivity index (χ4n) is 4.06. The maximum atomic E-state index is 13.8. The molecular weight excluding hydrogens is 476 g/mol. The highest BCUT2D eigenvalue weighted by Crippen LogP contribution is 2.46. The van der Waals surface area contributed by atoms with Crippen molar-refractivity contribution < 1.29 is 19.2 Å². The topological polar surface area (TPSA) is 114 Å². The van der Waals surface area contributed by atoms with Gasteiger partial charge in [-0.3, -0.25) is 4.79 Å². The standard InChI is InChI=1S/C23H17BrN4O4/c1-12-5-19-21(23(29)28(12)10-13-3-2-4-27-9-13)20(15(8-25)22(26)32-19)14-6-17-18(7-16(14)24)31-11-30-17/h2-7,9,20H,10-11,26H2,1H3/p+1. The molecule has 9 heteroatoms. The molecule has 32 heavy (non-hydrogen) atoms. The van der Waals surface area contributed by atoms with Crippen molar-refractivity contribution in [3.63, 3.8) is 0 Å². The van der Waals surface area contributed by atoms with E-state index >= 15 is 0 Å². The van der Waals surface area contributed by atoms with Gasteiger partial charge in [0.05, 0.1) is 18.0 Å². The number of rotatable bonds is 3. The Kier molecular flexibility index (Phi) is 4.87. The number of nitrogens with one attached hydrogen (secondary N) is 1. The summed E-state index contributed by atoms with van der Waals surface area (Å²) in [5.74, 6) is 0.719. The number of benzene rings is 1. The molecule has 5 rings (SSSR count). The van der Waals surface area contributed by atoms with Gasteiger partial charge in [-0.15, -0.1) is 0 Å². The van der Waals surface area contributed by atoms with Crippen LogP contribution >= 0.6 is 15.9 Å². The molecule has 2 aliphatic rings. The van der Waals surface area contributed by atoms with Crippen molar-refractivity contribution in [2.75, 3.05) is 6.79 Å². The maximum absolute atomic E-state index is 13.8. The Morgan fingerprint density at radius 1 is 1.28 bits per heavy atom. The number of hydrogen-bond donors (Lipinski definition) is 1. The van der Waals surface area contributed by atoms with E-state index in [2.05, 4.69) is 27.0 Å². The second kappa shape index (κ2) is 7.73. The van der Waals surface area contributed by atoms with Gasteiger partial charge in [-0.1, -0.05) is 15.9 Å². The Morgan fingerprint density at radius 3 is 2.78 bits per heavy atom. The van der Waals surface area contributed by atoms with Crippen LogP contribution in [0.3, 0.4) is 0 Å². The van der Waals surface area contributed by atoms with E-state index in [1.807, 2.05) is 25.3 Å². The van der Waals surface area contributed by atoms with Gasteiger partial charge < -0.3 is 24.5 Å². The second-order valence-corrected chi connectivity index (χ2v) is 8.37. The number of aryl methyl sites for hydroxylation is 1. The fourth-order valence-corrected chi connectivity index (χ4v) is 4.61. The highest BCUT2D eigenvalue weighted by Gasteiger charge is 2.36. The van der Waals surface area contributed by atoms with E-state index in [4.69, 9.17) is 19.9 Å². The number of nitrogens with two attached hydrogens (primary N) is 1. The van der Waals surface area contributed by atoms with E-state index in [9.17, 15) is 10.1 Å². The molecule has 8 nitrogen and oxygen atoms in total. The summed E-state index contributed by atoms with van der Waals surface area (Å²) in [5, 5.41) is 9.90.